The third-order valence-corrected chi connectivity index (χ3v) is 5.17. The van der Waals surface area contributed by atoms with Gasteiger partial charge in [0, 0.05) is 35.5 Å². The van der Waals surface area contributed by atoms with Crippen molar-refractivity contribution in [3.8, 4) is 0 Å². The molecule has 0 aliphatic carbocycles. The van der Waals surface area contributed by atoms with Gasteiger partial charge >= 0.3 is 0 Å². The van der Waals surface area contributed by atoms with Gasteiger partial charge in [-0.3, -0.25) is 9.48 Å². The molecule has 1 aliphatic heterocycles. The highest BCUT2D eigenvalue weighted by molar-refractivity contribution is 5.95. The lowest BCUT2D eigenvalue weighted by Crippen LogP contribution is -2.23. The molecule has 0 fully saturated rings. The first-order valence-corrected chi connectivity index (χ1v) is 9.31. The molecule has 4 heterocycles. The predicted octanol–water partition coefficient (Wildman–Crippen LogP) is 3.07. The number of nitrogens with one attached hydrogen (secondary N) is 1. The molecule has 4 aromatic rings. The molecule has 1 N–H and O–H groups in total. The van der Waals surface area contributed by atoms with E-state index >= 15 is 0 Å². The Labute approximate surface area is 162 Å². The Morgan fingerprint density at radius 3 is 2.86 bits per heavy atom. The number of rotatable bonds is 3. The van der Waals surface area contributed by atoms with Crippen LogP contribution in [0.2, 0.25) is 0 Å². The number of amides is 1. The van der Waals surface area contributed by atoms with Gasteiger partial charge in [-0.2, -0.15) is 5.10 Å². The molecule has 0 saturated carbocycles. The van der Waals surface area contributed by atoms with Crippen molar-refractivity contribution in [2.75, 3.05) is 5.32 Å². The zero-order chi connectivity index (χ0) is 19.3. The Hall–Kier alpha value is -3.48. The number of aryl methyl sites for hydroxylation is 2. The van der Waals surface area contributed by atoms with E-state index in [2.05, 4.69) is 27.6 Å². The van der Waals surface area contributed by atoms with Crippen LogP contribution in [0.4, 0.5) is 5.82 Å². The molecule has 5 rings (SSSR count). The molecule has 1 unspecified atom stereocenters. The van der Waals surface area contributed by atoms with Crippen molar-refractivity contribution in [2.45, 2.75) is 32.7 Å². The van der Waals surface area contributed by atoms with Crippen molar-refractivity contribution in [2.24, 2.45) is 0 Å². The molecule has 1 aliphatic rings. The van der Waals surface area contributed by atoms with Crippen LogP contribution in [0.1, 0.15) is 40.4 Å². The van der Waals surface area contributed by atoms with E-state index in [1.54, 1.807) is 0 Å². The van der Waals surface area contributed by atoms with Gasteiger partial charge in [0.05, 0.1) is 12.7 Å². The van der Waals surface area contributed by atoms with Gasteiger partial charge in [-0.25, -0.2) is 9.50 Å². The first-order chi connectivity index (χ1) is 13.6. The summed E-state index contributed by atoms with van der Waals surface area (Å²) >= 11 is 0. The molecule has 1 aromatic carbocycles. The maximum Gasteiger partial charge on any atom is 0.226 e. The Balaban J connectivity index is 1.58. The van der Waals surface area contributed by atoms with Crippen LogP contribution in [0.5, 0.6) is 0 Å². The van der Waals surface area contributed by atoms with Crippen molar-refractivity contribution in [1.29, 1.82) is 0 Å². The molecular formula is C21H20N6O. The highest BCUT2D eigenvalue weighted by Crippen LogP contribution is 2.39. The van der Waals surface area contributed by atoms with Gasteiger partial charge in [-0.15, -0.1) is 5.10 Å². The average Bonchev–Trinajstić information content (AvgIpc) is 3.27. The van der Waals surface area contributed by atoms with Crippen molar-refractivity contribution in [3.05, 3.63) is 76.9 Å². The number of nitrogens with zero attached hydrogens (tertiary/aromatic N) is 5. The fourth-order valence-corrected chi connectivity index (χ4v) is 3.92. The first-order valence-electron chi connectivity index (χ1n) is 9.31. The SMILES string of the molecule is Cc1cc(C)n2nc3c(c2n1)C(c1cnn(Cc2ccccc2)c1)CC(=O)N3. The number of fused-ring (bicyclic) bond motifs is 3. The third kappa shape index (κ3) is 2.76. The Kier molecular flexibility index (Phi) is 3.75. The van der Waals surface area contributed by atoms with Crippen LogP contribution >= 0.6 is 0 Å². The molecule has 0 bridgehead atoms. The van der Waals surface area contributed by atoms with Crippen LogP contribution in [-0.2, 0) is 11.3 Å². The van der Waals surface area contributed by atoms with Crippen LogP contribution in [0.3, 0.4) is 0 Å². The van der Waals surface area contributed by atoms with E-state index in [1.807, 2.05) is 59.7 Å². The van der Waals surface area contributed by atoms with E-state index in [-0.39, 0.29) is 11.8 Å². The summed E-state index contributed by atoms with van der Waals surface area (Å²) in [5.41, 5.74) is 5.87. The topological polar surface area (TPSA) is 77.1 Å². The zero-order valence-corrected chi connectivity index (χ0v) is 15.8. The van der Waals surface area contributed by atoms with Gasteiger partial charge in [0.15, 0.2) is 11.5 Å². The summed E-state index contributed by atoms with van der Waals surface area (Å²) in [4.78, 5) is 17.0. The number of hydrogen-bond acceptors (Lipinski definition) is 4. The monoisotopic (exact) mass is 372 g/mol. The van der Waals surface area contributed by atoms with Crippen LogP contribution < -0.4 is 5.32 Å². The fourth-order valence-electron chi connectivity index (χ4n) is 3.92. The Bertz CT molecular complexity index is 1190. The number of anilines is 1. The normalized spacial score (nSPS) is 16.2. The standard InChI is InChI=1S/C21H20N6O/c1-13-8-14(2)27-21(23-13)19-17(9-18(28)24-20(19)25-27)16-10-22-26(12-16)11-15-6-4-3-5-7-15/h3-8,10,12,17H,9,11H2,1-2H3,(H,24,25,28). The van der Waals surface area contributed by atoms with Crippen molar-refractivity contribution < 1.29 is 4.79 Å². The Morgan fingerprint density at radius 1 is 1.21 bits per heavy atom. The highest BCUT2D eigenvalue weighted by atomic mass is 16.1. The number of aromatic nitrogens is 5. The van der Waals surface area contributed by atoms with E-state index in [0.29, 0.717) is 18.8 Å². The fraction of sp³-hybridized carbons (Fsp3) is 0.238. The van der Waals surface area contributed by atoms with Gasteiger partial charge in [0.1, 0.15) is 0 Å². The number of carbonyl (C=O) groups is 1. The maximum absolute atomic E-state index is 12.3. The molecule has 0 spiro atoms. The molecule has 140 valence electrons. The number of hydrogen-bond donors (Lipinski definition) is 1. The minimum Gasteiger partial charge on any atom is -0.309 e. The number of carbonyl (C=O) groups excluding carboxylic acids is 1. The summed E-state index contributed by atoms with van der Waals surface area (Å²) in [6.45, 7) is 4.66. The smallest absolute Gasteiger partial charge is 0.226 e. The van der Waals surface area contributed by atoms with Crippen molar-refractivity contribution >= 4 is 17.4 Å². The lowest BCUT2D eigenvalue weighted by molar-refractivity contribution is -0.116. The van der Waals surface area contributed by atoms with Crippen LogP contribution in [0.25, 0.3) is 5.65 Å². The first kappa shape index (κ1) is 16.7. The average molecular weight is 372 g/mol. The second kappa shape index (κ2) is 6.30. The largest absolute Gasteiger partial charge is 0.309 e. The van der Waals surface area contributed by atoms with E-state index in [0.717, 1.165) is 28.2 Å². The Morgan fingerprint density at radius 2 is 2.04 bits per heavy atom. The summed E-state index contributed by atoms with van der Waals surface area (Å²) in [6.07, 6.45) is 4.23. The summed E-state index contributed by atoms with van der Waals surface area (Å²) in [5.74, 6) is 0.448. The summed E-state index contributed by atoms with van der Waals surface area (Å²) in [5, 5.41) is 12.0. The molecule has 3 aromatic heterocycles. The van der Waals surface area contributed by atoms with Crippen molar-refractivity contribution in [3.63, 3.8) is 0 Å². The zero-order valence-electron chi connectivity index (χ0n) is 15.8. The summed E-state index contributed by atoms with van der Waals surface area (Å²) < 4.78 is 3.72. The molecule has 1 atom stereocenters. The van der Waals surface area contributed by atoms with Crippen LogP contribution in [-0.4, -0.2) is 30.3 Å². The lowest BCUT2D eigenvalue weighted by atomic mass is 9.89. The van der Waals surface area contributed by atoms with E-state index in [1.165, 1.54) is 5.56 Å². The molecular weight excluding hydrogens is 352 g/mol. The summed E-state index contributed by atoms with van der Waals surface area (Å²) in [7, 11) is 0. The molecule has 0 radical (unpaired) electrons. The van der Waals surface area contributed by atoms with E-state index < -0.39 is 0 Å². The molecule has 7 nitrogen and oxygen atoms in total. The van der Waals surface area contributed by atoms with Crippen molar-refractivity contribution in [1.82, 2.24) is 24.4 Å². The molecule has 1 amide bonds. The summed E-state index contributed by atoms with van der Waals surface area (Å²) in [6, 6.07) is 12.2. The van der Waals surface area contributed by atoms with Crippen LogP contribution in [0, 0.1) is 13.8 Å². The second-order valence-electron chi connectivity index (χ2n) is 7.30. The maximum atomic E-state index is 12.3. The minimum atomic E-state index is -0.112. The van der Waals surface area contributed by atoms with E-state index in [9.17, 15) is 4.79 Å². The van der Waals surface area contributed by atoms with Gasteiger partial charge in [0.25, 0.3) is 0 Å². The van der Waals surface area contributed by atoms with Gasteiger partial charge in [-0.1, -0.05) is 30.3 Å². The molecule has 0 saturated heterocycles. The third-order valence-electron chi connectivity index (χ3n) is 5.17. The highest BCUT2D eigenvalue weighted by Gasteiger charge is 2.33. The quantitative estimate of drug-likeness (QED) is 0.600. The van der Waals surface area contributed by atoms with E-state index in [4.69, 9.17) is 4.98 Å². The lowest BCUT2D eigenvalue weighted by Gasteiger charge is -2.20. The second-order valence-corrected chi connectivity index (χ2v) is 7.30. The minimum absolute atomic E-state index is 0.0360. The number of benzene rings is 1. The van der Waals surface area contributed by atoms with Gasteiger partial charge in [0.2, 0.25) is 5.91 Å². The van der Waals surface area contributed by atoms with Gasteiger partial charge < -0.3 is 5.32 Å². The van der Waals surface area contributed by atoms with Gasteiger partial charge in [-0.05, 0) is 31.0 Å². The predicted molar refractivity (Wildman–Crippen MR) is 105 cm³/mol. The molecule has 7 heteroatoms. The molecule has 28 heavy (non-hydrogen) atoms. The van der Waals surface area contributed by atoms with Crippen LogP contribution in [0.15, 0.2) is 48.8 Å².